The number of fused-ring (bicyclic) bond motifs is 1. The molecular formula is C18H24N4O4. The van der Waals surface area contributed by atoms with Crippen molar-refractivity contribution in [2.75, 3.05) is 30.0 Å². The van der Waals surface area contributed by atoms with Gasteiger partial charge in [-0.25, -0.2) is 4.79 Å². The molecule has 0 spiro atoms. The number of carbonyl (C=O) groups is 2. The maximum atomic E-state index is 12.2. The summed E-state index contributed by atoms with van der Waals surface area (Å²) < 4.78 is 5.34. The standard InChI is InChI=1S/C18H24N4O4/c1-11(2)22-16-6-5-14(7-13(16)8-17(22)20-25-4)21-10-15(26-18(21)24)9-19-12(3)23/h5-7,11,15H,8-10H2,1-4H3,(H,19,23)/t15-/m0/s1. The van der Waals surface area contributed by atoms with E-state index in [4.69, 9.17) is 9.57 Å². The van der Waals surface area contributed by atoms with Crippen molar-refractivity contribution in [2.24, 2.45) is 5.16 Å². The van der Waals surface area contributed by atoms with Crippen LogP contribution >= 0.6 is 0 Å². The summed E-state index contributed by atoms with van der Waals surface area (Å²) in [5.74, 6) is 0.706. The van der Waals surface area contributed by atoms with Gasteiger partial charge in [-0.1, -0.05) is 5.16 Å². The highest BCUT2D eigenvalue weighted by Crippen LogP contribution is 2.35. The predicted molar refractivity (Wildman–Crippen MR) is 98.5 cm³/mol. The third-order valence-electron chi connectivity index (χ3n) is 4.43. The molecule has 0 radical (unpaired) electrons. The minimum atomic E-state index is -0.398. The Morgan fingerprint density at radius 3 is 2.88 bits per heavy atom. The van der Waals surface area contributed by atoms with Crippen LogP contribution in [0.25, 0.3) is 0 Å². The summed E-state index contributed by atoms with van der Waals surface area (Å²) in [6, 6.07) is 6.14. The first-order chi connectivity index (χ1) is 12.4. The lowest BCUT2D eigenvalue weighted by Gasteiger charge is -2.24. The number of rotatable bonds is 5. The Bertz CT molecular complexity index is 747. The van der Waals surface area contributed by atoms with Crippen molar-refractivity contribution in [2.45, 2.75) is 39.3 Å². The monoisotopic (exact) mass is 360 g/mol. The molecular weight excluding hydrogens is 336 g/mol. The van der Waals surface area contributed by atoms with Crippen LogP contribution in [0.15, 0.2) is 23.4 Å². The number of hydrogen-bond donors (Lipinski definition) is 1. The third kappa shape index (κ3) is 3.44. The number of carbonyl (C=O) groups excluding carboxylic acids is 2. The van der Waals surface area contributed by atoms with Gasteiger partial charge in [-0.05, 0) is 37.6 Å². The number of nitrogens with zero attached hydrogens (tertiary/aromatic N) is 3. The first kappa shape index (κ1) is 18.0. The van der Waals surface area contributed by atoms with Gasteiger partial charge >= 0.3 is 6.09 Å². The summed E-state index contributed by atoms with van der Waals surface area (Å²) in [4.78, 5) is 31.9. The molecule has 0 saturated carbocycles. The van der Waals surface area contributed by atoms with Gasteiger partial charge in [-0.2, -0.15) is 0 Å². The van der Waals surface area contributed by atoms with E-state index in [-0.39, 0.29) is 18.1 Å². The van der Waals surface area contributed by atoms with E-state index < -0.39 is 6.09 Å². The normalized spacial score (nSPS) is 20.6. The molecule has 1 aromatic carbocycles. The Hall–Kier alpha value is -2.77. The minimum Gasteiger partial charge on any atom is -0.442 e. The predicted octanol–water partition coefficient (Wildman–Crippen LogP) is 1.88. The van der Waals surface area contributed by atoms with Crippen LogP contribution in [0.3, 0.4) is 0 Å². The Labute approximate surface area is 152 Å². The maximum absolute atomic E-state index is 12.2. The van der Waals surface area contributed by atoms with Crippen LogP contribution < -0.4 is 15.1 Å². The lowest BCUT2D eigenvalue weighted by Crippen LogP contribution is -2.34. The largest absolute Gasteiger partial charge is 0.442 e. The third-order valence-corrected chi connectivity index (χ3v) is 4.43. The smallest absolute Gasteiger partial charge is 0.414 e. The number of amides is 2. The Balaban J connectivity index is 1.80. The summed E-state index contributed by atoms with van der Waals surface area (Å²) in [5, 5.41) is 6.81. The second kappa shape index (κ2) is 7.23. The van der Waals surface area contributed by atoms with Crippen LogP contribution in [-0.4, -0.2) is 50.2 Å². The molecule has 2 amide bonds. The van der Waals surface area contributed by atoms with Gasteiger partial charge in [0.1, 0.15) is 13.2 Å². The van der Waals surface area contributed by atoms with Gasteiger partial charge in [0, 0.05) is 30.8 Å². The second-order valence-corrected chi connectivity index (χ2v) is 6.70. The molecule has 3 rings (SSSR count). The molecule has 1 atom stereocenters. The van der Waals surface area contributed by atoms with Gasteiger partial charge in [-0.15, -0.1) is 0 Å². The van der Waals surface area contributed by atoms with E-state index >= 15 is 0 Å². The Morgan fingerprint density at radius 1 is 1.46 bits per heavy atom. The highest BCUT2D eigenvalue weighted by atomic mass is 16.6. The summed E-state index contributed by atoms with van der Waals surface area (Å²) in [6.45, 7) is 6.35. The fourth-order valence-electron chi connectivity index (χ4n) is 3.37. The van der Waals surface area contributed by atoms with Crippen LogP contribution in [-0.2, 0) is 20.8 Å². The Kier molecular flexibility index (Phi) is 5.01. The van der Waals surface area contributed by atoms with Gasteiger partial charge in [0.15, 0.2) is 5.84 Å². The molecule has 8 heteroatoms. The fraction of sp³-hybridized carbons (Fsp3) is 0.500. The van der Waals surface area contributed by atoms with Crippen molar-refractivity contribution in [1.82, 2.24) is 5.32 Å². The molecule has 0 bridgehead atoms. The number of amidine groups is 1. The number of nitrogens with one attached hydrogen (secondary N) is 1. The van der Waals surface area contributed by atoms with Crippen molar-refractivity contribution in [3.05, 3.63) is 23.8 Å². The average Bonchev–Trinajstić information content (AvgIpc) is 3.12. The summed E-state index contributed by atoms with van der Waals surface area (Å²) in [7, 11) is 1.54. The molecule has 1 N–H and O–H groups in total. The number of hydrogen-bond acceptors (Lipinski definition) is 5. The quantitative estimate of drug-likeness (QED) is 0.811. The van der Waals surface area contributed by atoms with Crippen molar-refractivity contribution in [3.8, 4) is 0 Å². The highest BCUT2D eigenvalue weighted by molar-refractivity contribution is 6.06. The molecule has 1 saturated heterocycles. The van der Waals surface area contributed by atoms with E-state index in [2.05, 4.69) is 29.2 Å². The van der Waals surface area contributed by atoms with Crippen LogP contribution in [0.4, 0.5) is 16.2 Å². The number of cyclic esters (lactones) is 1. The molecule has 140 valence electrons. The number of ether oxygens (including phenoxy) is 1. The van der Waals surface area contributed by atoms with E-state index in [9.17, 15) is 9.59 Å². The summed E-state index contributed by atoms with van der Waals surface area (Å²) in [5.41, 5.74) is 2.94. The van der Waals surface area contributed by atoms with E-state index in [0.29, 0.717) is 19.5 Å². The zero-order valence-electron chi connectivity index (χ0n) is 15.5. The highest BCUT2D eigenvalue weighted by Gasteiger charge is 2.34. The van der Waals surface area contributed by atoms with Crippen LogP contribution in [0, 0.1) is 0 Å². The first-order valence-electron chi connectivity index (χ1n) is 8.65. The van der Waals surface area contributed by atoms with Gasteiger partial charge < -0.3 is 19.8 Å². The molecule has 26 heavy (non-hydrogen) atoms. The van der Waals surface area contributed by atoms with Crippen LogP contribution in [0.1, 0.15) is 26.3 Å². The molecule has 2 aliphatic heterocycles. The van der Waals surface area contributed by atoms with E-state index in [0.717, 1.165) is 22.8 Å². The van der Waals surface area contributed by atoms with Gasteiger partial charge in [0.25, 0.3) is 0 Å². The lowest BCUT2D eigenvalue weighted by atomic mass is 10.1. The fourth-order valence-corrected chi connectivity index (χ4v) is 3.37. The molecule has 0 unspecified atom stereocenters. The summed E-state index contributed by atoms with van der Waals surface area (Å²) >= 11 is 0. The molecule has 1 fully saturated rings. The zero-order valence-corrected chi connectivity index (χ0v) is 15.5. The number of benzene rings is 1. The van der Waals surface area contributed by atoms with Crippen LogP contribution in [0.5, 0.6) is 0 Å². The topological polar surface area (TPSA) is 83.5 Å². The molecule has 0 aliphatic carbocycles. The maximum Gasteiger partial charge on any atom is 0.414 e. The van der Waals surface area contributed by atoms with Gasteiger partial charge in [0.05, 0.1) is 13.1 Å². The van der Waals surface area contributed by atoms with Crippen LogP contribution in [0.2, 0.25) is 0 Å². The van der Waals surface area contributed by atoms with Gasteiger partial charge in [-0.3, -0.25) is 9.69 Å². The SMILES string of the molecule is CON=C1Cc2cc(N3C[C@H](CNC(C)=O)OC3=O)ccc2N1C(C)C. The van der Waals surface area contributed by atoms with E-state index in [1.807, 2.05) is 18.2 Å². The summed E-state index contributed by atoms with van der Waals surface area (Å²) in [6.07, 6.45) is -0.102. The average molecular weight is 360 g/mol. The van der Waals surface area contributed by atoms with E-state index in [1.165, 1.54) is 14.0 Å². The minimum absolute atomic E-state index is 0.143. The number of anilines is 2. The van der Waals surface area contributed by atoms with Crippen molar-refractivity contribution in [1.29, 1.82) is 0 Å². The van der Waals surface area contributed by atoms with Crippen molar-refractivity contribution < 1.29 is 19.2 Å². The number of oxime groups is 1. The van der Waals surface area contributed by atoms with E-state index in [1.54, 1.807) is 4.90 Å². The molecule has 2 aliphatic rings. The Morgan fingerprint density at radius 2 is 2.23 bits per heavy atom. The van der Waals surface area contributed by atoms with Crippen molar-refractivity contribution in [3.63, 3.8) is 0 Å². The first-order valence-corrected chi connectivity index (χ1v) is 8.65. The molecule has 8 nitrogen and oxygen atoms in total. The molecule has 2 heterocycles. The molecule has 0 aromatic heterocycles. The lowest BCUT2D eigenvalue weighted by molar-refractivity contribution is -0.119. The zero-order chi connectivity index (χ0) is 18.8. The van der Waals surface area contributed by atoms with Gasteiger partial charge in [0.2, 0.25) is 5.91 Å². The second-order valence-electron chi connectivity index (χ2n) is 6.70. The van der Waals surface area contributed by atoms with Crippen molar-refractivity contribution >= 4 is 29.2 Å². The molecule has 1 aromatic rings.